The van der Waals surface area contributed by atoms with Gasteiger partial charge in [-0.05, 0) is 39.5 Å². The van der Waals surface area contributed by atoms with Gasteiger partial charge in [-0.2, -0.15) is 0 Å². The lowest BCUT2D eigenvalue weighted by molar-refractivity contribution is -0.149. The van der Waals surface area contributed by atoms with Crippen LogP contribution in [0.5, 0.6) is 0 Å². The predicted octanol–water partition coefficient (Wildman–Crippen LogP) is 2.82. The van der Waals surface area contributed by atoms with E-state index in [1.54, 1.807) is 0 Å². The minimum Gasteiger partial charge on any atom is -0.340 e. The summed E-state index contributed by atoms with van der Waals surface area (Å²) in [5.74, 6) is 0.392. The molecule has 1 aliphatic rings. The van der Waals surface area contributed by atoms with Crippen LogP contribution < -0.4 is 0 Å². The molecule has 0 atom stereocenters. The molecule has 2 heteroatoms. The first-order valence-corrected chi connectivity index (χ1v) is 5.88. The van der Waals surface area contributed by atoms with Gasteiger partial charge in [-0.15, -0.1) is 0 Å². The Kier molecular flexibility index (Phi) is 3.57. The number of nitrogens with zero attached hydrogens (tertiary/aromatic N) is 1. The highest BCUT2D eigenvalue weighted by molar-refractivity contribution is 5.83. The summed E-state index contributed by atoms with van der Waals surface area (Å²) in [6.45, 7) is 9.47. The summed E-state index contributed by atoms with van der Waals surface area (Å²) in [5.41, 5.74) is -0.0392. The van der Waals surface area contributed by atoms with E-state index in [0.29, 0.717) is 11.9 Å². The summed E-state index contributed by atoms with van der Waals surface area (Å²) in [4.78, 5) is 14.3. The highest BCUT2D eigenvalue weighted by Gasteiger charge is 2.41. The third-order valence-corrected chi connectivity index (χ3v) is 3.75. The molecule has 0 aromatic rings. The maximum absolute atomic E-state index is 12.3. The third kappa shape index (κ3) is 1.79. The van der Waals surface area contributed by atoms with E-state index < -0.39 is 0 Å². The summed E-state index contributed by atoms with van der Waals surface area (Å²) in [7, 11) is 0. The van der Waals surface area contributed by atoms with Gasteiger partial charge in [0.1, 0.15) is 0 Å². The Hall–Kier alpha value is -0.530. The van der Waals surface area contributed by atoms with Crippen LogP contribution in [0.1, 0.15) is 53.4 Å². The van der Waals surface area contributed by atoms with Gasteiger partial charge in [0, 0.05) is 18.0 Å². The first kappa shape index (κ1) is 11.5. The standard InChI is InChI=1S/C12H23NO/c1-5-12(6-2)8-7-9-13(10(3)4)11(12)14/h10H,5-9H2,1-4H3. The molecule has 1 rings (SSSR count). The maximum atomic E-state index is 12.3. The second-order valence-electron chi connectivity index (χ2n) is 4.68. The van der Waals surface area contributed by atoms with Gasteiger partial charge in [0.05, 0.1) is 0 Å². The van der Waals surface area contributed by atoms with Crippen molar-refractivity contribution in [1.29, 1.82) is 0 Å². The van der Waals surface area contributed by atoms with E-state index in [1.165, 1.54) is 6.42 Å². The van der Waals surface area contributed by atoms with Crippen molar-refractivity contribution >= 4 is 5.91 Å². The van der Waals surface area contributed by atoms with Crippen molar-refractivity contribution in [2.45, 2.75) is 59.4 Å². The number of rotatable bonds is 3. The van der Waals surface area contributed by atoms with Crippen LogP contribution in [0.2, 0.25) is 0 Å². The van der Waals surface area contributed by atoms with Crippen molar-refractivity contribution < 1.29 is 4.79 Å². The van der Waals surface area contributed by atoms with Crippen LogP contribution in [-0.2, 0) is 4.79 Å². The topological polar surface area (TPSA) is 20.3 Å². The number of hydrogen-bond acceptors (Lipinski definition) is 1. The van der Waals surface area contributed by atoms with Gasteiger partial charge in [-0.25, -0.2) is 0 Å². The summed E-state index contributed by atoms with van der Waals surface area (Å²) in [5, 5.41) is 0. The van der Waals surface area contributed by atoms with Crippen LogP contribution >= 0.6 is 0 Å². The Labute approximate surface area is 87.7 Å². The molecule has 0 N–H and O–H groups in total. The molecule has 1 saturated heterocycles. The molecule has 0 aliphatic carbocycles. The summed E-state index contributed by atoms with van der Waals surface area (Å²) in [6.07, 6.45) is 4.24. The minimum absolute atomic E-state index is 0.0392. The first-order valence-electron chi connectivity index (χ1n) is 5.88. The largest absolute Gasteiger partial charge is 0.340 e. The van der Waals surface area contributed by atoms with Crippen molar-refractivity contribution in [3.63, 3.8) is 0 Å². The monoisotopic (exact) mass is 197 g/mol. The van der Waals surface area contributed by atoms with Crippen LogP contribution in [0, 0.1) is 5.41 Å². The van der Waals surface area contributed by atoms with Gasteiger partial charge in [0.2, 0.25) is 5.91 Å². The summed E-state index contributed by atoms with van der Waals surface area (Å²) < 4.78 is 0. The number of carbonyl (C=O) groups excluding carboxylic acids is 1. The van der Waals surface area contributed by atoms with Crippen LogP contribution in [0.3, 0.4) is 0 Å². The lowest BCUT2D eigenvalue weighted by Crippen LogP contribution is -2.50. The molecular formula is C12H23NO. The SMILES string of the molecule is CCC1(CC)CCCN(C(C)C)C1=O. The van der Waals surface area contributed by atoms with Gasteiger partial charge in [0.15, 0.2) is 0 Å². The van der Waals surface area contributed by atoms with Crippen LogP contribution in [0.4, 0.5) is 0 Å². The van der Waals surface area contributed by atoms with E-state index in [2.05, 4.69) is 32.6 Å². The van der Waals surface area contributed by atoms with Crippen molar-refractivity contribution in [1.82, 2.24) is 4.90 Å². The molecule has 0 spiro atoms. The summed E-state index contributed by atoms with van der Waals surface area (Å²) in [6, 6.07) is 0.361. The Bertz CT molecular complexity index is 206. The van der Waals surface area contributed by atoms with Crippen LogP contribution in [0.25, 0.3) is 0 Å². The van der Waals surface area contributed by atoms with Gasteiger partial charge in [0.25, 0.3) is 0 Å². The number of hydrogen-bond donors (Lipinski definition) is 0. The first-order chi connectivity index (χ1) is 6.57. The molecule has 0 unspecified atom stereocenters. The molecule has 1 amide bonds. The number of piperidine rings is 1. The van der Waals surface area contributed by atoms with Crippen LogP contribution in [0.15, 0.2) is 0 Å². The Balaban J connectivity index is 2.84. The van der Waals surface area contributed by atoms with Crippen molar-refractivity contribution in [3.05, 3.63) is 0 Å². The van der Waals surface area contributed by atoms with Crippen molar-refractivity contribution in [2.24, 2.45) is 5.41 Å². The molecular weight excluding hydrogens is 174 g/mol. The zero-order valence-electron chi connectivity index (χ0n) is 9.97. The normalized spacial score (nSPS) is 21.8. The van der Waals surface area contributed by atoms with Gasteiger partial charge in [-0.1, -0.05) is 13.8 Å². The second-order valence-corrected chi connectivity index (χ2v) is 4.68. The lowest BCUT2D eigenvalue weighted by Gasteiger charge is -2.42. The molecule has 0 saturated carbocycles. The van der Waals surface area contributed by atoms with Gasteiger partial charge in [-0.3, -0.25) is 4.79 Å². The fourth-order valence-corrected chi connectivity index (χ4v) is 2.50. The fraction of sp³-hybridized carbons (Fsp3) is 0.917. The predicted molar refractivity (Wildman–Crippen MR) is 59.1 cm³/mol. The molecule has 1 fully saturated rings. The maximum Gasteiger partial charge on any atom is 0.228 e. The van der Waals surface area contributed by atoms with Crippen LogP contribution in [-0.4, -0.2) is 23.4 Å². The molecule has 0 aromatic heterocycles. The highest BCUT2D eigenvalue weighted by atomic mass is 16.2. The third-order valence-electron chi connectivity index (χ3n) is 3.75. The van der Waals surface area contributed by atoms with E-state index in [9.17, 15) is 4.79 Å². The lowest BCUT2D eigenvalue weighted by atomic mass is 9.74. The summed E-state index contributed by atoms with van der Waals surface area (Å²) >= 11 is 0. The smallest absolute Gasteiger partial charge is 0.228 e. The Morgan fingerprint density at radius 2 is 1.93 bits per heavy atom. The fourth-order valence-electron chi connectivity index (χ4n) is 2.50. The zero-order valence-corrected chi connectivity index (χ0v) is 9.97. The van der Waals surface area contributed by atoms with E-state index >= 15 is 0 Å². The average molecular weight is 197 g/mol. The van der Waals surface area contributed by atoms with E-state index in [4.69, 9.17) is 0 Å². The van der Waals surface area contributed by atoms with Gasteiger partial charge < -0.3 is 4.90 Å². The highest BCUT2D eigenvalue weighted by Crippen LogP contribution is 2.38. The van der Waals surface area contributed by atoms with E-state index in [1.807, 2.05) is 0 Å². The Morgan fingerprint density at radius 1 is 1.36 bits per heavy atom. The Morgan fingerprint density at radius 3 is 2.36 bits per heavy atom. The average Bonchev–Trinajstić information content (AvgIpc) is 2.18. The molecule has 14 heavy (non-hydrogen) atoms. The quantitative estimate of drug-likeness (QED) is 0.681. The van der Waals surface area contributed by atoms with E-state index in [-0.39, 0.29) is 5.41 Å². The molecule has 0 bridgehead atoms. The molecule has 82 valence electrons. The van der Waals surface area contributed by atoms with Gasteiger partial charge >= 0.3 is 0 Å². The number of carbonyl (C=O) groups is 1. The second kappa shape index (κ2) is 4.33. The molecule has 0 aromatic carbocycles. The molecule has 2 nitrogen and oxygen atoms in total. The number of likely N-dealkylation sites (tertiary alicyclic amines) is 1. The van der Waals surface area contributed by atoms with Crippen molar-refractivity contribution in [3.8, 4) is 0 Å². The minimum atomic E-state index is -0.0392. The molecule has 0 radical (unpaired) electrons. The van der Waals surface area contributed by atoms with Crippen molar-refractivity contribution in [2.75, 3.05) is 6.54 Å². The zero-order chi connectivity index (χ0) is 10.8. The number of amides is 1. The molecule has 1 heterocycles. The molecule has 1 aliphatic heterocycles. The van der Waals surface area contributed by atoms with E-state index in [0.717, 1.165) is 25.8 Å².